The number of unbranched alkanes of at least 4 members (excludes halogenated alkanes) is 7. The van der Waals surface area contributed by atoms with Crippen molar-refractivity contribution in [1.82, 2.24) is 10.6 Å². The topological polar surface area (TPSA) is 98.7 Å². The second-order valence-corrected chi connectivity index (χ2v) is 6.18. The maximum atomic E-state index is 11.6. The molecule has 0 aliphatic rings. The molecule has 0 spiro atoms. The number of aliphatic hydroxyl groups is 2. The average molecular weight is 344 g/mol. The molecule has 0 fully saturated rings. The Morgan fingerprint density at radius 3 is 1.38 bits per heavy atom. The first-order chi connectivity index (χ1) is 11.7. The third-order valence-electron chi connectivity index (χ3n) is 3.87. The lowest BCUT2D eigenvalue weighted by Crippen LogP contribution is -2.25. The molecule has 0 aliphatic heterocycles. The Balaban J connectivity index is 3.26. The van der Waals surface area contributed by atoms with Gasteiger partial charge < -0.3 is 20.8 Å². The summed E-state index contributed by atoms with van der Waals surface area (Å²) in [7, 11) is 0. The van der Waals surface area contributed by atoms with E-state index in [1.165, 1.54) is 0 Å². The van der Waals surface area contributed by atoms with E-state index in [1.807, 2.05) is 0 Å². The molecule has 0 saturated heterocycles. The highest BCUT2D eigenvalue weighted by molar-refractivity contribution is 5.76. The van der Waals surface area contributed by atoms with Crippen LogP contribution in [0.15, 0.2) is 0 Å². The molecule has 24 heavy (non-hydrogen) atoms. The van der Waals surface area contributed by atoms with Crippen molar-refractivity contribution >= 4 is 11.8 Å². The lowest BCUT2D eigenvalue weighted by Gasteiger charge is -2.06. The van der Waals surface area contributed by atoms with Gasteiger partial charge in [-0.3, -0.25) is 9.59 Å². The van der Waals surface area contributed by atoms with Crippen LogP contribution >= 0.6 is 0 Å². The van der Waals surface area contributed by atoms with Crippen molar-refractivity contribution < 1.29 is 19.8 Å². The Bertz CT molecular complexity index is 311. The number of hydrogen-bond donors (Lipinski definition) is 4. The predicted octanol–water partition coefficient (Wildman–Crippen LogP) is 1.88. The quantitative estimate of drug-likeness (QED) is 0.303. The van der Waals surface area contributed by atoms with Crippen molar-refractivity contribution in [2.75, 3.05) is 26.3 Å². The molecule has 0 aliphatic carbocycles. The second kappa shape index (κ2) is 18.2. The average Bonchev–Trinajstić information content (AvgIpc) is 2.57. The van der Waals surface area contributed by atoms with Gasteiger partial charge in [0.15, 0.2) is 0 Å². The molecule has 0 rings (SSSR count). The van der Waals surface area contributed by atoms with Gasteiger partial charge in [-0.25, -0.2) is 0 Å². The van der Waals surface area contributed by atoms with Crippen LogP contribution in [0.25, 0.3) is 0 Å². The Kier molecular flexibility index (Phi) is 17.3. The lowest BCUT2D eigenvalue weighted by molar-refractivity contribution is -0.121. The summed E-state index contributed by atoms with van der Waals surface area (Å²) in [6, 6.07) is 0. The van der Waals surface area contributed by atoms with Crippen molar-refractivity contribution in [1.29, 1.82) is 0 Å². The van der Waals surface area contributed by atoms with Gasteiger partial charge in [-0.05, 0) is 44.9 Å². The summed E-state index contributed by atoms with van der Waals surface area (Å²) in [6.45, 7) is 1.82. The van der Waals surface area contributed by atoms with Crippen LogP contribution in [0.5, 0.6) is 0 Å². The molecule has 6 nitrogen and oxygen atoms in total. The molecule has 2 amide bonds. The largest absolute Gasteiger partial charge is 0.396 e. The molecule has 0 aromatic carbocycles. The molecule has 4 N–H and O–H groups in total. The fourth-order valence-electron chi connectivity index (χ4n) is 2.38. The van der Waals surface area contributed by atoms with E-state index in [1.54, 1.807) is 0 Å². The molecule has 0 bridgehead atoms. The Hall–Kier alpha value is -1.14. The molecule has 0 atom stereocenters. The fourth-order valence-corrected chi connectivity index (χ4v) is 2.38. The zero-order valence-electron chi connectivity index (χ0n) is 15.0. The van der Waals surface area contributed by atoms with Crippen molar-refractivity contribution in [3.8, 4) is 0 Å². The van der Waals surface area contributed by atoms with E-state index >= 15 is 0 Å². The van der Waals surface area contributed by atoms with Crippen molar-refractivity contribution in [2.24, 2.45) is 0 Å². The zero-order chi connectivity index (χ0) is 17.9. The molecule has 0 heterocycles. The van der Waals surface area contributed by atoms with Crippen LogP contribution < -0.4 is 10.6 Å². The highest BCUT2D eigenvalue weighted by Crippen LogP contribution is 2.02. The van der Waals surface area contributed by atoms with Gasteiger partial charge in [0.25, 0.3) is 0 Å². The first-order valence-electron chi connectivity index (χ1n) is 9.45. The van der Waals surface area contributed by atoms with Gasteiger partial charge in [0.1, 0.15) is 0 Å². The molecule has 6 heteroatoms. The third kappa shape index (κ3) is 17.2. The van der Waals surface area contributed by atoms with E-state index in [-0.39, 0.29) is 25.0 Å². The fraction of sp³-hybridized carbons (Fsp3) is 0.889. The summed E-state index contributed by atoms with van der Waals surface area (Å²) in [5, 5.41) is 23.1. The van der Waals surface area contributed by atoms with Gasteiger partial charge in [-0.1, -0.05) is 19.3 Å². The summed E-state index contributed by atoms with van der Waals surface area (Å²) >= 11 is 0. The minimum atomic E-state index is 0.0856. The van der Waals surface area contributed by atoms with Crippen molar-refractivity contribution in [3.63, 3.8) is 0 Å². The van der Waals surface area contributed by atoms with Gasteiger partial charge >= 0.3 is 0 Å². The van der Waals surface area contributed by atoms with Crippen LogP contribution in [0, 0.1) is 0 Å². The Morgan fingerprint density at radius 2 is 0.917 bits per heavy atom. The normalized spacial score (nSPS) is 10.6. The molecule has 0 saturated carbocycles. The van der Waals surface area contributed by atoms with Crippen LogP contribution in [0.4, 0.5) is 0 Å². The minimum Gasteiger partial charge on any atom is -0.396 e. The van der Waals surface area contributed by atoms with E-state index in [4.69, 9.17) is 10.2 Å². The first-order valence-corrected chi connectivity index (χ1v) is 9.45. The first kappa shape index (κ1) is 22.9. The van der Waals surface area contributed by atoms with E-state index in [2.05, 4.69) is 10.6 Å². The van der Waals surface area contributed by atoms with Gasteiger partial charge in [0.2, 0.25) is 11.8 Å². The minimum absolute atomic E-state index is 0.0856. The summed E-state index contributed by atoms with van der Waals surface area (Å²) < 4.78 is 0. The van der Waals surface area contributed by atoms with Crippen LogP contribution in [0.3, 0.4) is 0 Å². The number of carbonyl (C=O) groups excluding carboxylic acids is 2. The number of amides is 2. The van der Waals surface area contributed by atoms with E-state index < -0.39 is 0 Å². The van der Waals surface area contributed by atoms with E-state index in [9.17, 15) is 9.59 Å². The SMILES string of the molecule is O=C(CCCCCO)NCCCCCNC(=O)CCCCCCO. The molecule has 142 valence electrons. The highest BCUT2D eigenvalue weighted by atomic mass is 16.3. The standard InChI is InChI=1S/C18H36N2O4/c21-15-9-2-1-5-11-17(23)19-13-7-4-8-14-20-18(24)12-6-3-10-16-22/h21-22H,1-16H2,(H,19,23)(H,20,24). The number of rotatable bonds is 17. The number of nitrogens with one attached hydrogen (secondary N) is 2. The number of hydrogen-bond acceptors (Lipinski definition) is 4. The van der Waals surface area contributed by atoms with Gasteiger partial charge in [-0.2, -0.15) is 0 Å². The Labute approximate surface area is 146 Å². The number of carbonyl (C=O) groups is 2. The summed E-state index contributed by atoms with van der Waals surface area (Å²) in [5.74, 6) is 0.192. The molecule has 0 aromatic rings. The number of aliphatic hydroxyl groups excluding tert-OH is 2. The zero-order valence-corrected chi connectivity index (χ0v) is 15.0. The van der Waals surface area contributed by atoms with Gasteiger partial charge in [-0.15, -0.1) is 0 Å². The maximum absolute atomic E-state index is 11.6. The molecule has 0 aromatic heterocycles. The lowest BCUT2D eigenvalue weighted by atomic mass is 10.1. The Morgan fingerprint density at radius 1 is 0.542 bits per heavy atom. The third-order valence-corrected chi connectivity index (χ3v) is 3.87. The molecular weight excluding hydrogens is 308 g/mol. The van der Waals surface area contributed by atoms with Crippen LogP contribution in [0.1, 0.15) is 77.0 Å². The summed E-state index contributed by atoms with van der Waals surface area (Å²) in [6.07, 6.45) is 10.1. The highest BCUT2D eigenvalue weighted by Gasteiger charge is 2.02. The second-order valence-electron chi connectivity index (χ2n) is 6.18. The van der Waals surface area contributed by atoms with Crippen molar-refractivity contribution in [3.05, 3.63) is 0 Å². The molecule has 0 radical (unpaired) electrons. The van der Waals surface area contributed by atoms with Crippen LogP contribution in [-0.2, 0) is 9.59 Å². The van der Waals surface area contributed by atoms with Crippen molar-refractivity contribution in [2.45, 2.75) is 77.0 Å². The van der Waals surface area contributed by atoms with Crippen LogP contribution in [-0.4, -0.2) is 48.3 Å². The summed E-state index contributed by atoms with van der Waals surface area (Å²) in [5.41, 5.74) is 0. The van der Waals surface area contributed by atoms with Gasteiger partial charge in [0, 0.05) is 39.1 Å². The molecule has 0 unspecified atom stereocenters. The monoisotopic (exact) mass is 344 g/mol. The predicted molar refractivity (Wildman–Crippen MR) is 95.6 cm³/mol. The maximum Gasteiger partial charge on any atom is 0.219 e. The smallest absolute Gasteiger partial charge is 0.219 e. The summed E-state index contributed by atoms with van der Waals surface area (Å²) in [4.78, 5) is 23.1. The van der Waals surface area contributed by atoms with E-state index in [0.717, 1.165) is 64.2 Å². The molecular formula is C18H36N2O4. The van der Waals surface area contributed by atoms with Crippen LogP contribution in [0.2, 0.25) is 0 Å². The van der Waals surface area contributed by atoms with E-state index in [0.29, 0.717) is 25.9 Å². The van der Waals surface area contributed by atoms with Gasteiger partial charge in [0.05, 0.1) is 0 Å².